The molecule has 3 aliphatic carbocycles. The molecule has 2 amide bonds. The molecule has 0 bridgehead atoms. The number of esters is 1. The number of ether oxygens (including phenoxy) is 1. The molecule has 4 rings (SSSR count). The van der Waals surface area contributed by atoms with Gasteiger partial charge in [-0.3, -0.25) is 14.4 Å². The first-order valence-electron chi connectivity index (χ1n) is 11.8. The largest absolute Gasteiger partial charge is 0.442 e. The molecule has 1 N–H and O–H groups in total. The number of fused-ring (bicyclic) bond motifs is 5. The Kier molecular flexibility index (Phi) is 5.43. The van der Waals surface area contributed by atoms with E-state index in [0.717, 1.165) is 38.5 Å². The van der Waals surface area contributed by atoms with E-state index in [9.17, 15) is 14.4 Å². The molecule has 3 saturated carbocycles. The van der Waals surface area contributed by atoms with E-state index in [1.165, 1.54) is 20.3 Å². The minimum atomic E-state index is -0.531. The Morgan fingerprint density at radius 1 is 1.03 bits per heavy atom. The van der Waals surface area contributed by atoms with Crippen molar-refractivity contribution in [3.8, 4) is 0 Å². The van der Waals surface area contributed by atoms with Gasteiger partial charge in [0.2, 0.25) is 11.8 Å². The fourth-order valence-electron chi connectivity index (χ4n) is 8.28. The number of rotatable bonds is 3. The summed E-state index contributed by atoms with van der Waals surface area (Å²) >= 11 is 0. The predicted molar refractivity (Wildman–Crippen MR) is 113 cm³/mol. The third kappa shape index (κ3) is 3.25. The molecule has 1 aliphatic heterocycles. The number of nitrogens with zero attached hydrogens (tertiary/aromatic N) is 1. The maximum Gasteiger partial charge on any atom is 0.304 e. The van der Waals surface area contributed by atoms with Crippen molar-refractivity contribution in [1.29, 1.82) is 0 Å². The number of hydrogen-bond acceptors (Lipinski definition) is 4. The minimum Gasteiger partial charge on any atom is -0.442 e. The topological polar surface area (TPSA) is 75.7 Å². The van der Waals surface area contributed by atoms with Crippen molar-refractivity contribution in [2.45, 2.75) is 91.3 Å². The lowest BCUT2D eigenvalue weighted by atomic mass is 9.47. The van der Waals surface area contributed by atoms with Crippen molar-refractivity contribution in [2.75, 3.05) is 7.05 Å². The summed E-state index contributed by atoms with van der Waals surface area (Å²) in [5.41, 5.74) is 0.279. The van der Waals surface area contributed by atoms with Gasteiger partial charge in [-0.25, -0.2) is 0 Å². The molecule has 30 heavy (non-hydrogen) atoms. The van der Waals surface area contributed by atoms with Crippen molar-refractivity contribution in [3.05, 3.63) is 0 Å². The number of likely N-dealkylation sites (tertiary alicyclic amines) is 1. The molecule has 4 aliphatic rings. The molecule has 1 saturated heterocycles. The second kappa shape index (κ2) is 7.52. The van der Waals surface area contributed by atoms with Crippen LogP contribution in [0.4, 0.5) is 0 Å². The summed E-state index contributed by atoms with van der Waals surface area (Å²) in [5, 5.41) is 2.92. The van der Waals surface area contributed by atoms with Gasteiger partial charge in [0.1, 0.15) is 0 Å². The first kappa shape index (κ1) is 21.6. The van der Waals surface area contributed by atoms with Gasteiger partial charge < -0.3 is 15.0 Å². The Balaban J connectivity index is 1.58. The lowest BCUT2D eigenvalue weighted by Gasteiger charge is -2.62. The fourth-order valence-corrected chi connectivity index (χ4v) is 8.28. The second-order valence-electron chi connectivity index (χ2n) is 10.9. The Labute approximate surface area is 180 Å². The minimum absolute atomic E-state index is 0.0727. The first-order chi connectivity index (χ1) is 14.1. The summed E-state index contributed by atoms with van der Waals surface area (Å²) in [4.78, 5) is 37.9. The highest BCUT2D eigenvalue weighted by atomic mass is 16.6. The number of amides is 2. The molecule has 0 radical (unpaired) electrons. The monoisotopic (exact) mass is 418 g/mol. The van der Waals surface area contributed by atoms with Gasteiger partial charge in [0.25, 0.3) is 0 Å². The van der Waals surface area contributed by atoms with Gasteiger partial charge >= 0.3 is 5.97 Å². The average Bonchev–Trinajstić information content (AvgIpc) is 3.01. The van der Waals surface area contributed by atoms with Crippen LogP contribution >= 0.6 is 0 Å². The molecule has 0 aromatic carbocycles. The van der Waals surface area contributed by atoms with Gasteiger partial charge in [0.15, 0.2) is 6.23 Å². The maximum atomic E-state index is 12.3. The summed E-state index contributed by atoms with van der Waals surface area (Å²) in [6.07, 6.45) is 7.81. The van der Waals surface area contributed by atoms with Crippen molar-refractivity contribution >= 4 is 17.8 Å². The molecular weight excluding hydrogens is 380 g/mol. The van der Waals surface area contributed by atoms with Gasteiger partial charge in [0.05, 0.1) is 0 Å². The Morgan fingerprint density at radius 3 is 2.40 bits per heavy atom. The van der Waals surface area contributed by atoms with Crippen LogP contribution in [0.15, 0.2) is 0 Å². The van der Waals surface area contributed by atoms with Crippen molar-refractivity contribution in [3.63, 3.8) is 0 Å². The molecule has 0 spiro atoms. The lowest BCUT2D eigenvalue weighted by molar-refractivity contribution is -0.167. The molecule has 8 atom stereocenters. The van der Waals surface area contributed by atoms with Gasteiger partial charge in [-0.2, -0.15) is 0 Å². The molecule has 1 unspecified atom stereocenters. The van der Waals surface area contributed by atoms with Crippen LogP contribution in [0, 0.1) is 34.5 Å². The van der Waals surface area contributed by atoms with Crippen LogP contribution in [0.3, 0.4) is 0 Å². The normalized spacial score (nSPS) is 43.8. The number of carbonyl (C=O) groups is 3. The van der Waals surface area contributed by atoms with E-state index in [2.05, 4.69) is 19.2 Å². The van der Waals surface area contributed by atoms with E-state index >= 15 is 0 Å². The van der Waals surface area contributed by atoms with E-state index in [-0.39, 0.29) is 28.6 Å². The average molecular weight is 419 g/mol. The van der Waals surface area contributed by atoms with E-state index < -0.39 is 6.23 Å². The third-order valence-electron chi connectivity index (χ3n) is 9.63. The summed E-state index contributed by atoms with van der Waals surface area (Å²) in [6.45, 7) is 7.72. The number of carbonyl (C=O) groups excluding carboxylic acids is 3. The van der Waals surface area contributed by atoms with Crippen LogP contribution in [0.2, 0.25) is 0 Å². The van der Waals surface area contributed by atoms with Crippen LogP contribution in [0.5, 0.6) is 0 Å². The van der Waals surface area contributed by atoms with Crippen molar-refractivity contribution in [2.24, 2.45) is 34.5 Å². The zero-order chi connectivity index (χ0) is 21.8. The highest BCUT2D eigenvalue weighted by molar-refractivity contribution is 5.77. The summed E-state index contributed by atoms with van der Waals surface area (Å²) in [7, 11) is 2.00. The number of nitrogens with one attached hydrogen (secondary N) is 1. The summed E-state index contributed by atoms with van der Waals surface area (Å²) in [5.74, 6) is 1.88. The highest BCUT2D eigenvalue weighted by Crippen LogP contribution is 2.66. The Hall–Kier alpha value is -1.59. The van der Waals surface area contributed by atoms with Crippen molar-refractivity contribution < 1.29 is 19.1 Å². The Bertz CT molecular complexity index is 723. The highest BCUT2D eigenvalue weighted by Gasteiger charge is 2.62. The molecular formula is C24H38N2O4. The van der Waals surface area contributed by atoms with Crippen LogP contribution in [-0.2, 0) is 19.1 Å². The molecule has 4 fully saturated rings. The van der Waals surface area contributed by atoms with Crippen LogP contribution in [0.25, 0.3) is 0 Å². The second-order valence-corrected chi connectivity index (χ2v) is 10.9. The third-order valence-corrected chi connectivity index (χ3v) is 9.63. The van der Waals surface area contributed by atoms with E-state index in [0.29, 0.717) is 36.1 Å². The lowest BCUT2D eigenvalue weighted by Crippen LogP contribution is -2.61. The smallest absolute Gasteiger partial charge is 0.304 e. The predicted octanol–water partition coefficient (Wildman–Crippen LogP) is 3.49. The molecule has 1 heterocycles. The van der Waals surface area contributed by atoms with Crippen LogP contribution in [-0.4, -0.2) is 42.0 Å². The van der Waals surface area contributed by atoms with E-state index in [1.807, 2.05) is 11.9 Å². The number of hydrogen-bond donors (Lipinski definition) is 1. The standard InChI is InChI=1S/C24H38N2O4/c1-14(27)25-22(30-15(2)28)19-8-7-17-16-6-9-20-24(4,13-11-21(29)26(20)5)18(16)10-12-23(17,19)3/h16-20,22H,6-13H2,1-5H3,(H,25,27)/t16-,17-,18-,19+,20+,22?,23-,24+/m0/s1. The van der Waals surface area contributed by atoms with Gasteiger partial charge in [-0.15, -0.1) is 0 Å². The number of piperidine rings is 1. The van der Waals surface area contributed by atoms with Crippen LogP contribution in [0.1, 0.15) is 79.1 Å². The Morgan fingerprint density at radius 2 is 1.73 bits per heavy atom. The maximum absolute atomic E-state index is 12.3. The zero-order valence-corrected chi connectivity index (χ0v) is 19.2. The molecule has 6 nitrogen and oxygen atoms in total. The fraction of sp³-hybridized carbons (Fsp3) is 0.875. The van der Waals surface area contributed by atoms with E-state index in [1.54, 1.807) is 0 Å². The zero-order valence-electron chi connectivity index (χ0n) is 19.2. The molecule has 0 aromatic rings. The quantitative estimate of drug-likeness (QED) is 0.562. The van der Waals surface area contributed by atoms with Crippen molar-refractivity contribution in [1.82, 2.24) is 10.2 Å². The van der Waals surface area contributed by atoms with E-state index in [4.69, 9.17) is 4.74 Å². The molecule has 168 valence electrons. The van der Waals surface area contributed by atoms with Gasteiger partial charge in [0, 0.05) is 39.3 Å². The molecule has 6 heteroatoms. The summed E-state index contributed by atoms with van der Waals surface area (Å²) in [6, 6.07) is 0.370. The first-order valence-corrected chi connectivity index (χ1v) is 11.8. The SMILES string of the molecule is CC(=O)NC(OC(C)=O)[C@H]1CC[C@H]2[C@@H]3CC[C@H]4N(C)C(=O)CC[C@]4(C)[C@H]3CC[C@]12C. The summed E-state index contributed by atoms with van der Waals surface area (Å²) < 4.78 is 5.61. The van der Waals surface area contributed by atoms with Gasteiger partial charge in [-0.1, -0.05) is 13.8 Å². The van der Waals surface area contributed by atoms with Gasteiger partial charge in [-0.05, 0) is 73.5 Å². The van der Waals surface area contributed by atoms with Crippen LogP contribution < -0.4 is 5.32 Å². The molecule has 0 aromatic heterocycles.